The van der Waals surface area contributed by atoms with Crippen molar-refractivity contribution in [1.29, 1.82) is 0 Å². The van der Waals surface area contributed by atoms with Gasteiger partial charge in [-0.25, -0.2) is 20.7 Å². The number of ether oxygens (including phenoxy) is 2. The lowest BCUT2D eigenvalue weighted by molar-refractivity contribution is -0.141. The second-order valence-corrected chi connectivity index (χ2v) is 24.0. The molecule has 25 nitrogen and oxygen atoms in total. The van der Waals surface area contributed by atoms with Gasteiger partial charge >= 0.3 is 5.97 Å². The number of carbonyl (C=O) groups excluding carboxylic acids is 9. The van der Waals surface area contributed by atoms with Crippen LogP contribution in [0.15, 0.2) is 113 Å². The summed E-state index contributed by atoms with van der Waals surface area (Å²) >= 11 is 0. The second-order valence-electron chi connectivity index (χ2n) is 24.0. The number of aromatic hydroxyl groups is 2. The maximum atomic E-state index is 14.3. The minimum Gasteiger partial charge on any atom is -0.508 e. The fraction of sp³-hybridized carbons (Fsp3) is 0.418. The molecule has 11 N–H and O–H groups in total. The molecular weight excluding hydrogens is 1190 g/mol. The molecule has 6 atom stereocenters. The van der Waals surface area contributed by atoms with Crippen molar-refractivity contribution in [3.05, 3.63) is 137 Å². The predicted molar refractivity (Wildman–Crippen MR) is 348 cm³/mol. The number of nitrogens with zero attached hydrogens (tertiary/aromatic N) is 4. The van der Waals surface area contributed by atoms with E-state index in [-0.39, 0.29) is 94.9 Å². The first kappa shape index (κ1) is 70.0. The summed E-state index contributed by atoms with van der Waals surface area (Å²) in [4.78, 5) is 124. The SMILES string of the molecule is CC(C)[C@H](NN1CCC[C@H]1C(=O)CN[C@@H](C)C(=O)CCC(=O)[C@H](C)NCCN[C@@H](C)C(=O)C[B]NC(=O)c1ccccc1N=Nc1ccc(N(C)C)cc1)C(=O)C(=O)[C@H](CCCCN)NNC(=O)c1ccc2c(c1)C1(OC2=O)c2ccc(O)cc2Oc2cc(O)ccc21. The van der Waals surface area contributed by atoms with Crippen LogP contribution in [0.3, 0.4) is 0 Å². The number of esters is 1. The normalized spacial score (nSPS) is 16.2. The Bertz CT molecular complexity index is 3570. The fourth-order valence-corrected chi connectivity index (χ4v) is 11.2. The Morgan fingerprint density at radius 3 is 2.00 bits per heavy atom. The summed E-state index contributed by atoms with van der Waals surface area (Å²) < 4.78 is 12.2. The number of hydrazine groups is 2. The molecule has 1 radical (unpaired) electrons. The molecule has 0 bridgehead atoms. The van der Waals surface area contributed by atoms with Gasteiger partial charge in [-0.05, 0) is 138 Å². The van der Waals surface area contributed by atoms with E-state index in [4.69, 9.17) is 15.2 Å². The van der Waals surface area contributed by atoms with E-state index in [0.717, 1.165) is 5.69 Å². The monoisotopic (exact) mass is 1270 g/mol. The molecule has 1 saturated heterocycles. The highest BCUT2D eigenvalue weighted by atomic mass is 16.6. The number of hydrogen-bond acceptors (Lipinski definition) is 23. The molecule has 0 aromatic heterocycles. The molecule has 1 fully saturated rings. The van der Waals surface area contributed by atoms with Crippen LogP contribution in [0.2, 0.25) is 6.32 Å². The van der Waals surface area contributed by atoms with E-state index in [1.165, 1.54) is 49.9 Å². The third-order valence-corrected chi connectivity index (χ3v) is 16.8. The van der Waals surface area contributed by atoms with Gasteiger partial charge < -0.3 is 51.5 Å². The van der Waals surface area contributed by atoms with Crippen LogP contribution in [-0.2, 0) is 39.1 Å². The van der Waals surface area contributed by atoms with Crippen molar-refractivity contribution in [3.63, 3.8) is 0 Å². The van der Waals surface area contributed by atoms with Gasteiger partial charge in [0.2, 0.25) is 17.5 Å². The molecular formula is C67H82BN12O13. The summed E-state index contributed by atoms with van der Waals surface area (Å²) in [6.07, 6.45) is 2.00. The Hall–Kier alpha value is -8.89. The Kier molecular flexibility index (Phi) is 24.2. The van der Waals surface area contributed by atoms with E-state index in [9.17, 15) is 53.4 Å². The van der Waals surface area contributed by atoms with E-state index in [1.54, 1.807) is 76.0 Å². The van der Waals surface area contributed by atoms with Gasteiger partial charge in [-0.2, -0.15) is 5.11 Å². The van der Waals surface area contributed by atoms with Crippen molar-refractivity contribution in [2.45, 2.75) is 128 Å². The van der Waals surface area contributed by atoms with E-state index >= 15 is 0 Å². The summed E-state index contributed by atoms with van der Waals surface area (Å²) in [5, 5.41) is 42.8. The largest absolute Gasteiger partial charge is 0.508 e. The lowest BCUT2D eigenvalue weighted by atomic mass is 9.77. The number of ketones is 6. The highest BCUT2D eigenvalue weighted by molar-refractivity contribution is 6.44. The number of nitrogens with one attached hydrogen (secondary N) is 7. The molecule has 0 aliphatic carbocycles. The molecule has 5 aromatic carbocycles. The number of hydrogen-bond donors (Lipinski definition) is 10. The number of anilines is 1. The first-order valence-corrected chi connectivity index (χ1v) is 31.3. The molecule has 3 aliphatic rings. The van der Waals surface area contributed by atoms with Gasteiger partial charge in [-0.15, -0.1) is 5.11 Å². The lowest BCUT2D eigenvalue weighted by Gasteiger charge is -2.36. The number of rotatable bonds is 35. The number of benzene rings is 5. The van der Waals surface area contributed by atoms with Gasteiger partial charge in [0.05, 0.1) is 65.3 Å². The van der Waals surface area contributed by atoms with Crippen LogP contribution in [-0.4, -0.2) is 158 Å². The Morgan fingerprint density at radius 2 is 1.37 bits per heavy atom. The maximum absolute atomic E-state index is 14.3. The second kappa shape index (κ2) is 32.1. The Morgan fingerprint density at radius 1 is 0.731 bits per heavy atom. The van der Waals surface area contributed by atoms with Gasteiger partial charge in [-0.1, -0.05) is 32.4 Å². The van der Waals surface area contributed by atoms with E-state index in [1.807, 2.05) is 43.3 Å². The zero-order chi connectivity index (χ0) is 67.1. The van der Waals surface area contributed by atoms with Crippen LogP contribution in [0.5, 0.6) is 23.0 Å². The summed E-state index contributed by atoms with van der Waals surface area (Å²) in [5.74, 6) is -4.67. The minimum absolute atomic E-state index is 0.0353. The highest BCUT2D eigenvalue weighted by Crippen LogP contribution is 2.57. The zero-order valence-electron chi connectivity index (χ0n) is 53.4. The van der Waals surface area contributed by atoms with Crippen molar-refractivity contribution in [2.75, 3.05) is 51.7 Å². The number of phenols is 2. The van der Waals surface area contributed by atoms with Gasteiger partial charge in [0, 0.05) is 93.0 Å². The number of azo groups is 1. The van der Waals surface area contributed by atoms with Crippen LogP contribution in [0.1, 0.15) is 127 Å². The van der Waals surface area contributed by atoms with Crippen molar-refractivity contribution < 1.29 is 62.8 Å². The van der Waals surface area contributed by atoms with Gasteiger partial charge in [-0.3, -0.25) is 43.8 Å². The first-order valence-electron chi connectivity index (χ1n) is 31.3. The number of nitrogens with two attached hydrogens (primary N) is 1. The molecule has 93 heavy (non-hydrogen) atoms. The standard InChI is InChI=1S/C67H82BN12O13/c1-38(2)61(63(88)62(87)53(15-10-11-29-69)76-77-64(89)42-17-24-47-51(33-42)67(93-66(47)91)49-25-22-45(81)34-59(49)92-60-35-46(82)23-26-50(60)67)78-80-32-12-16-54(80)58(86)37-72-40(4)56(84)28-27-55(83)39(3)70-30-31-71-41(5)57(85)36-68-73-65(90)48-13-8-9-14-52(48)75-74-43-18-20-44(21-19-43)79(6)7/h8-9,13-14,17-26,33-35,38-41,53-54,61,70-72,76,78,81-82H,10-12,15-16,27-32,36-37,69H2,1-7H3,(H,73,90)(H,77,89)/t39-,40-,41-,53-,54-,61-/m0/s1. The molecule has 0 saturated carbocycles. The molecule has 2 amide bonds. The van der Waals surface area contributed by atoms with Crippen LogP contribution in [0, 0.1) is 5.92 Å². The van der Waals surface area contributed by atoms with Gasteiger partial charge in [0.25, 0.3) is 13.3 Å². The third kappa shape index (κ3) is 17.2. The van der Waals surface area contributed by atoms with Crippen LogP contribution in [0.25, 0.3) is 0 Å². The number of carbonyl (C=O) groups is 9. The smallest absolute Gasteiger partial charge is 0.340 e. The summed E-state index contributed by atoms with van der Waals surface area (Å²) in [6, 6.07) is 22.4. The topological polar surface area (TPSA) is 354 Å². The quantitative estimate of drug-likeness (QED) is 0.00600. The van der Waals surface area contributed by atoms with E-state index in [0.29, 0.717) is 79.9 Å². The van der Waals surface area contributed by atoms with E-state index < -0.39 is 77.1 Å². The van der Waals surface area contributed by atoms with Crippen molar-refractivity contribution in [2.24, 2.45) is 21.9 Å². The van der Waals surface area contributed by atoms with Gasteiger partial charge in [0.15, 0.2) is 11.4 Å². The average Bonchev–Trinajstić information content (AvgIpc) is 1.61. The molecule has 5 aromatic rings. The maximum Gasteiger partial charge on any atom is 0.340 e. The third-order valence-electron chi connectivity index (χ3n) is 16.8. The molecule has 1 spiro atoms. The van der Waals surface area contributed by atoms with E-state index in [2.05, 4.69) is 47.7 Å². The molecule has 8 rings (SSSR count). The Labute approximate surface area is 541 Å². The predicted octanol–water partition coefficient (Wildman–Crippen LogP) is 5.47. The van der Waals surface area contributed by atoms with Crippen LogP contribution in [0.4, 0.5) is 17.1 Å². The number of amides is 2. The number of fused-ring (bicyclic) bond motifs is 6. The van der Waals surface area contributed by atoms with Crippen LogP contribution < -0.4 is 52.8 Å². The van der Waals surface area contributed by atoms with Crippen LogP contribution >= 0.6 is 0 Å². The van der Waals surface area contributed by atoms with Crippen molar-refractivity contribution >= 4 is 77.0 Å². The van der Waals surface area contributed by atoms with Crippen molar-refractivity contribution in [3.8, 4) is 23.0 Å². The highest BCUT2D eigenvalue weighted by Gasteiger charge is 2.54. The zero-order valence-corrected chi connectivity index (χ0v) is 53.4. The lowest BCUT2D eigenvalue weighted by Crippen LogP contribution is -2.59. The molecule has 491 valence electrons. The van der Waals surface area contributed by atoms with Crippen molar-refractivity contribution in [1.82, 2.24) is 42.5 Å². The number of unbranched alkanes of at least 4 members (excludes halogenated alkanes) is 1. The first-order chi connectivity index (χ1) is 44.5. The molecule has 3 aliphatic heterocycles. The summed E-state index contributed by atoms with van der Waals surface area (Å²) in [5.41, 5.74) is 16.2. The number of phenolic OH excluding ortho intramolecular Hbond substituents is 2. The number of Topliss-reactive ketones (excluding diaryl/α,β-unsaturated/α-hetero) is 6. The summed E-state index contributed by atoms with van der Waals surface area (Å²) in [7, 11) is 5.28. The minimum atomic E-state index is -1.64. The van der Waals surface area contributed by atoms with Gasteiger partial charge in [0.1, 0.15) is 40.3 Å². The molecule has 0 unspecified atom stereocenters. The fourth-order valence-electron chi connectivity index (χ4n) is 11.2. The Balaban J connectivity index is 0.761. The molecule has 26 heteroatoms. The summed E-state index contributed by atoms with van der Waals surface area (Å²) in [6.45, 7) is 9.79. The average molecular weight is 1270 g/mol. The molecule has 3 heterocycles.